The van der Waals surface area contributed by atoms with Crippen molar-refractivity contribution in [2.45, 2.75) is 33.2 Å². The Balaban J connectivity index is 1.91. The predicted octanol–water partition coefficient (Wildman–Crippen LogP) is 3.98. The molecule has 0 aliphatic carbocycles. The van der Waals surface area contributed by atoms with Crippen LogP contribution in [0.3, 0.4) is 0 Å². The Morgan fingerprint density at radius 1 is 1.11 bits per heavy atom. The van der Waals surface area contributed by atoms with Crippen LogP contribution in [0.15, 0.2) is 48.5 Å². The van der Waals surface area contributed by atoms with Crippen molar-refractivity contribution in [1.29, 1.82) is 0 Å². The van der Waals surface area contributed by atoms with E-state index >= 15 is 0 Å². The van der Waals surface area contributed by atoms with Crippen molar-refractivity contribution in [2.75, 3.05) is 19.7 Å². The van der Waals surface area contributed by atoms with Crippen LogP contribution in [-0.2, 0) is 16.1 Å². The number of hydrogen-bond acceptors (Lipinski definition) is 4. The first-order valence-electron chi connectivity index (χ1n) is 9.54. The minimum absolute atomic E-state index is 0.00511. The lowest BCUT2D eigenvalue weighted by Gasteiger charge is -2.20. The number of likely N-dealkylation sites (tertiary alicyclic amines) is 1. The van der Waals surface area contributed by atoms with Gasteiger partial charge in [0.25, 0.3) is 0 Å². The molecule has 0 saturated carbocycles. The quantitative estimate of drug-likeness (QED) is 0.727. The molecule has 1 aliphatic heterocycles. The van der Waals surface area contributed by atoms with Crippen LogP contribution in [0.25, 0.3) is 0 Å². The summed E-state index contributed by atoms with van der Waals surface area (Å²) in [4.78, 5) is 27.1. The first kappa shape index (κ1) is 19.3. The van der Waals surface area contributed by atoms with Gasteiger partial charge in [0.15, 0.2) is 0 Å². The molecule has 0 N–H and O–H groups in total. The van der Waals surface area contributed by atoms with Gasteiger partial charge in [-0.2, -0.15) is 0 Å². The molecular formula is C23H27NO3. The fourth-order valence-corrected chi connectivity index (χ4v) is 3.97. The highest BCUT2D eigenvalue weighted by molar-refractivity contribution is 5.92. The minimum atomic E-state index is -0.309. The van der Waals surface area contributed by atoms with E-state index in [2.05, 4.69) is 17.0 Å². The van der Waals surface area contributed by atoms with Gasteiger partial charge in [-0.3, -0.25) is 9.69 Å². The number of hydrogen-bond donors (Lipinski definition) is 0. The summed E-state index contributed by atoms with van der Waals surface area (Å²) in [5.74, 6) is -0.239. The molecule has 1 fully saturated rings. The Morgan fingerprint density at radius 3 is 2.52 bits per heavy atom. The SMILES string of the molecule is CCOC(=O)c1ccc(C)cc1[C@@H]1CN(Cc2ccccc2)C[C@H]1C(C)=O. The van der Waals surface area contributed by atoms with E-state index in [1.54, 1.807) is 13.8 Å². The minimum Gasteiger partial charge on any atom is -0.462 e. The second-order valence-electron chi connectivity index (χ2n) is 7.31. The van der Waals surface area contributed by atoms with E-state index in [9.17, 15) is 9.59 Å². The van der Waals surface area contributed by atoms with Crippen LogP contribution in [0.4, 0.5) is 0 Å². The van der Waals surface area contributed by atoms with Gasteiger partial charge in [-0.05, 0) is 38.0 Å². The maximum absolute atomic E-state index is 12.5. The molecule has 142 valence electrons. The lowest BCUT2D eigenvalue weighted by atomic mass is 9.83. The van der Waals surface area contributed by atoms with E-state index in [1.807, 2.05) is 43.3 Å². The number of carbonyl (C=O) groups is 2. The molecular weight excluding hydrogens is 338 g/mol. The summed E-state index contributed by atoms with van der Waals surface area (Å²) in [6.07, 6.45) is 0. The molecule has 1 aliphatic rings. The van der Waals surface area contributed by atoms with Crippen LogP contribution in [0, 0.1) is 12.8 Å². The first-order valence-corrected chi connectivity index (χ1v) is 9.54. The molecule has 2 aromatic rings. The monoisotopic (exact) mass is 365 g/mol. The second-order valence-corrected chi connectivity index (χ2v) is 7.31. The predicted molar refractivity (Wildman–Crippen MR) is 106 cm³/mol. The summed E-state index contributed by atoms with van der Waals surface area (Å²) in [5, 5.41) is 0. The van der Waals surface area contributed by atoms with Crippen molar-refractivity contribution in [3.8, 4) is 0 Å². The normalized spacial score (nSPS) is 19.8. The number of ether oxygens (including phenoxy) is 1. The molecule has 4 heteroatoms. The van der Waals surface area contributed by atoms with E-state index in [-0.39, 0.29) is 23.6 Å². The highest BCUT2D eigenvalue weighted by Crippen LogP contribution is 2.36. The second kappa shape index (κ2) is 8.49. The lowest BCUT2D eigenvalue weighted by molar-refractivity contribution is -0.120. The fraction of sp³-hybridized carbons (Fsp3) is 0.391. The van der Waals surface area contributed by atoms with Crippen LogP contribution in [0.2, 0.25) is 0 Å². The van der Waals surface area contributed by atoms with Crippen molar-refractivity contribution in [1.82, 2.24) is 4.90 Å². The third-order valence-electron chi connectivity index (χ3n) is 5.27. The third-order valence-corrected chi connectivity index (χ3v) is 5.27. The Labute approximate surface area is 161 Å². The number of nitrogens with zero attached hydrogens (tertiary/aromatic N) is 1. The van der Waals surface area contributed by atoms with Crippen LogP contribution >= 0.6 is 0 Å². The average Bonchev–Trinajstić information content (AvgIpc) is 3.06. The maximum atomic E-state index is 12.5. The van der Waals surface area contributed by atoms with Gasteiger partial charge < -0.3 is 4.74 Å². The molecule has 0 amide bonds. The largest absolute Gasteiger partial charge is 0.462 e. The Morgan fingerprint density at radius 2 is 1.85 bits per heavy atom. The molecule has 0 bridgehead atoms. The van der Waals surface area contributed by atoms with Crippen LogP contribution in [-0.4, -0.2) is 36.3 Å². The standard InChI is InChI=1S/C23H27NO3/c1-4-27-23(26)19-11-10-16(2)12-20(19)22-15-24(14-21(22)17(3)25)13-18-8-6-5-7-9-18/h5-12,21-22H,4,13-15H2,1-3H3/t21-,22-/m0/s1. The molecule has 0 unspecified atom stereocenters. The molecule has 1 heterocycles. The maximum Gasteiger partial charge on any atom is 0.338 e. The zero-order chi connectivity index (χ0) is 19.4. The number of carbonyl (C=O) groups excluding carboxylic acids is 2. The van der Waals surface area contributed by atoms with Crippen molar-refractivity contribution < 1.29 is 14.3 Å². The molecule has 0 spiro atoms. The van der Waals surface area contributed by atoms with E-state index in [4.69, 9.17) is 4.74 Å². The summed E-state index contributed by atoms with van der Waals surface area (Å²) in [5.41, 5.74) is 3.83. The van der Waals surface area contributed by atoms with E-state index in [1.165, 1.54) is 5.56 Å². The third kappa shape index (κ3) is 4.45. The van der Waals surface area contributed by atoms with Gasteiger partial charge in [0.05, 0.1) is 12.2 Å². The van der Waals surface area contributed by atoms with E-state index < -0.39 is 0 Å². The number of Topliss-reactive ketones (excluding diaryl/α,β-unsaturated/α-hetero) is 1. The van der Waals surface area contributed by atoms with Crippen molar-refractivity contribution in [2.24, 2.45) is 5.92 Å². The zero-order valence-electron chi connectivity index (χ0n) is 16.3. The van der Waals surface area contributed by atoms with Gasteiger partial charge in [-0.25, -0.2) is 4.79 Å². The van der Waals surface area contributed by atoms with Gasteiger partial charge >= 0.3 is 5.97 Å². The van der Waals surface area contributed by atoms with Gasteiger partial charge in [0.1, 0.15) is 5.78 Å². The number of rotatable bonds is 6. The van der Waals surface area contributed by atoms with Gasteiger partial charge in [0.2, 0.25) is 0 Å². The molecule has 2 aromatic carbocycles. The lowest BCUT2D eigenvalue weighted by Crippen LogP contribution is -2.22. The number of benzene rings is 2. The molecule has 1 saturated heterocycles. The summed E-state index contributed by atoms with van der Waals surface area (Å²) < 4.78 is 5.25. The van der Waals surface area contributed by atoms with Gasteiger partial charge in [-0.15, -0.1) is 0 Å². The molecule has 2 atom stereocenters. The number of aryl methyl sites for hydroxylation is 1. The Bertz CT molecular complexity index is 816. The Kier molecular flexibility index (Phi) is 6.07. The molecule has 0 radical (unpaired) electrons. The van der Waals surface area contributed by atoms with E-state index in [0.29, 0.717) is 18.7 Å². The fourth-order valence-electron chi connectivity index (χ4n) is 3.97. The van der Waals surface area contributed by atoms with Gasteiger partial charge in [-0.1, -0.05) is 48.0 Å². The smallest absolute Gasteiger partial charge is 0.338 e. The van der Waals surface area contributed by atoms with Crippen LogP contribution < -0.4 is 0 Å². The topological polar surface area (TPSA) is 46.6 Å². The first-order chi connectivity index (χ1) is 13.0. The van der Waals surface area contributed by atoms with E-state index in [0.717, 1.165) is 24.2 Å². The van der Waals surface area contributed by atoms with Gasteiger partial charge in [0, 0.05) is 31.5 Å². The van der Waals surface area contributed by atoms with Crippen LogP contribution in [0.5, 0.6) is 0 Å². The molecule has 3 rings (SSSR count). The average molecular weight is 365 g/mol. The summed E-state index contributed by atoms with van der Waals surface area (Å²) >= 11 is 0. The summed E-state index contributed by atoms with van der Waals surface area (Å²) in [7, 11) is 0. The summed E-state index contributed by atoms with van der Waals surface area (Å²) in [6.45, 7) is 8.09. The Hall–Kier alpha value is -2.46. The summed E-state index contributed by atoms with van der Waals surface area (Å²) in [6, 6.07) is 16.1. The highest BCUT2D eigenvalue weighted by atomic mass is 16.5. The molecule has 4 nitrogen and oxygen atoms in total. The van der Waals surface area contributed by atoms with Crippen molar-refractivity contribution in [3.63, 3.8) is 0 Å². The zero-order valence-corrected chi connectivity index (χ0v) is 16.3. The van der Waals surface area contributed by atoms with Crippen molar-refractivity contribution >= 4 is 11.8 Å². The van der Waals surface area contributed by atoms with Crippen molar-refractivity contribution in [3.05, 3.63) is 70.8 Å². The molecule has 27 heavy (non-hydrogen) atoms. The number of ketones is 1. The highest BCUT2D eigenvalue weighted by Gasteiger charge is 2.38. The van der Waals surface area contributed by atoms with Crippen LogP contribution in [0.1, 0.15) is 46.8 Å². The number of esters is 1. The molecule has 0 aromatic heterocycles.